The lowest BCUT2D eigenvalue weighted by Crippen LogP contribution is -2.37. The van der Waals surface area contributed by atoms with Gasteiger partial charge >= 0.3 is 0 Å². The van der Waals surface area contributed by atoms with Crippen molar-refractivity contribution in [2.75, 3.05) is 21.9 Å². The molecule has 2 aromatic rings. The van der Waals surface area contributed by atoms with Crippen molar-refractivity contribution in [1.29, 1.82) is 0 Å². The van der Waals surface area contributed by atoms with Gasteiger partial charge in [0.15, 0.2) is 0 Å². The van der Waals surface area contributed by atoms with Gasteiger partial charge in [0, 0.05) is 12.6 Å². The number of carbonyl (C=O) groups excluding carboxylic acids is 1. The minimum absolute atomic E-state index is 0.0308. The maximum absolute atomic E-state index is 13.7. The Morgan fingerprint density at radius 1 is 1.12 bits per heavy atom. The molecule has 1 saturated heterocycles. The first-order valence-electron chi connectivity index (χ1n) is 7.84. The third-order valence-electron chi connectivity index (χ3n) is 4.01. The highest BCUT2D eigenvalue weighted by molar-refractivity contribution is 7.92. The summed E-state index contributed by atoms with van der Waals surface area (Å²) < 4.78 is 52.2. The molecule has 26 heavy (non-hydrogen) atoms. The number of nitrogens with one attached hydrogen (secondary N) is 1. The molecule has 5 nitrogen and oxygen atoms in total. The van der Waals surface area contributed by atoms with Crippen molar-refractivity contribution in [2.45, 2.75) is 12.8 Å². The van der Waals surface area contributed by atoms with Crippen LogP contribution in [0.1, 0.15) is 23.2 Å². The molecule has 9 heteroatoms. The highest BCUT2D eigenvalue weighted by Gasteiger charge is 2.26. The molecular weight excluding hydrogens is 386 g/mol. The van der Waals surface area contributed by atoms with Crippen LogP contribution in [0.2, 0.25) is 5.02 Å². The quantitative estimate of drug-likeness (QED) is 0.852. The third kappa shape index (κ3) is 3.81. The molecule has 1 amide bonds. The monoisotopic (exact) mass is 400 g/mol. The van der Waals surface area contributed by atoms with Gasteiger partial charge in [-0.05, 0) is 43.2 Å². The number of halogens is 3. The van der Waals surface area contributed by atoms with Gasteiger partial charge in [-0.3, -0.25) is 9.10 Å². The van der Waals surface area contributed by atoms with E-state index in [-0.39, 0.29) is 22.0 Å². The van der Waals surface area contributed by atoms with E-state index in [0.29, 0.717) is 24.7 Å². The van der Waals surface area contributed by atoms with E-state index >= 15 is 0 Å². The number of sulfonamides is 1. The summed E-state index contributed by atoms with van der Waals surface area (Å²) in [7, 11) is -3.40. The smallest absolute Gasteiger partial charge is 0.257 e. The summed E-state index contributed by atoms with van der Waals surface area (Å²) in [4.78, 5) is 12.3. The Bertz CT molecular complexity index is 966. The van der Waals surface area contributed by atoms with Crippen molar-refractivity contribution in [1.82, 2.24) is 0 Å². The summed E-state index contributed by atoms with van der Waals surface area (Å²) in [5.74, 6) is -2.29. The van der Waals surface area contributed by atoms with E-state index in [1.54, 1.807) is 0 Å². The van der Waals surface area contributed by atoms with Gasteiger partial charge in [0.1, 0.15) is 11.6 Å². The summed E-state index contributed by atoms with van der Waals surface area (Å²) in [5, 5.41) is 2.34. The predicted molar refractivity (Wildman–Crippen MR) is 96.1 cm³/mol. The highest BCUT2D eigenvalue weighted by Crippen LogP contribution is 2.29. The van der Waals surface area contributed by atoms with E-state index in [1.807, 2.05) is 0 Å². The van der Waals surface area contributed by atoms with Crippen LogP contribution in [0, 0.1) is 11.6 Å². The SMILES string of the molecule is O=C(Nc1ccc(F)cc1F)c1ccc(N2CCCCS2(=O)=O)cc1Cl. The molecule has 0 unspecified atom stereocenters. The van der Waals surface area contributed by atoms with Crippen LogP contribution < -0.4 is 9.62 Å². The molecule has 0 saturated carbocycles. The van der Waals surface area contributed by atoms with Gasteiger partial charge in [-0.1, -0.05) is 11.6 Å². The number of benzene rings is 2. The van der Waals surface area contributed by atoms with Gasteiger partial charge in [0.2, 0.25) is 10.0 Å². The van der Waals surface area contributed by atoms with Gasteiger partial charge < -0.3 is 5.32 Å². The minimum atomic E-state index is -3.40. The van der Waals surface area contributed by atoms with Crippen LogP contribution in [0.25, 0.3) is 0 Å². The van der Waals surface area contributed by atoms with Crippen molar-refractivity contribution >= 4 is 38.9 Å². The molecule has 3 rings (SSSR count). The first kappa shape index (κ1) is 18.6. The van der Waals surface area contributed by atoms with Crippen molar-refractivity contribution in [3.8, 4) is 0 Å². The molecule has 1 aliphatic heterocycles. The number of hydrogen-bond acceptors (Lipinski definition) is 3. The molecule has 2 aromatic carbocycles. The van der Waals surface area contributed by atoms with E-state index in [0.717, 1.165) is 18.6 Å². The van der Waals surface area contributed by atoms with E-state index in [4.69, 9.17) is 11.6 Å². The summed E-state index contributed by atoms with van der Waals surface area (Å²) in [6.07, 6.45) is 1.35. The summed E-state index contributed by atoms with van der Waals surface area (Å²) in [5.41, 5.74) is 0.239. The normalized spacial score (nSPS) is 16.3. The molecule has 0 bridgehead atoms. The Kier molecular flexibility index (Phi) is 5.15. The number of nitrogens with zero attached hydrogens (tertiary/aromatic N) is 1. The summed E-state index contributed by atoms with van der Waals surface area (Å²) >= 11 is 6.13. The highest BCUT2D eigenvalue weighted by atomic mass is 35.5. The van der Waals surface area contributed by atoms with E-state index in [9.17, 15) is 22.0 Å². The number of anilines is 2. The molecule has 1 heterocycles. The molecular formula is C17H15ClF2N2O3S. The Morgan fingerprint density at radius 3 is 2.54 bits per heavy atom. The Hall–Kier alpha value is -2.19. The van der Waals surface area contributed by atoms with Crippen LogP contribution in [0.4, 0.5) is 20.2 Å². The second kappa shape index (κ2) is 7.20. The lowest BCUT2D eigenvalue weighted by Gasteiger charge is -2.28. The zero-order valence-electron chi connectivity index (χ0n) is 13.5. The van der Waals surface area contributed by atoms with Crippen LogP contribution in [0.5, 0.6) is 0 Å². The zero-order valence-corrected chi connectivity index (χ0v) is 15.1. The first-order chi connectivity index (χ1) is 12.3. The largest absolute Gasteiger partial charge is 0.319 e. The maximum atomic E-state index is 13.7. The predicted octanol–water partition coefficient (Wildman–Crippen LogP) is 3.80. The van der Waals surface area contributed by atoms with Crippen molar-refractivity contribution in [3.63, 3.8) is 0 Å². The molecule has 138 valence electrons. The van der Waals surface area contributed by atoms with E-state index < -0.39 is 27.6 Å². The minimum Gasteiger partial charge on any atom is -0.319 e. The van der Waals surface area contributed by atoms with E-state index in [1.165, 1.54) is 22.5 Å². The van der Waals surface area contributed by atoms with Crippen molar-refractivity contribution < 1.29 is 22.0 Å². The molecule has 0 atom stereocenters. The average molecular weight is 401 g/mol. The topological polar surface area (TPSA) is 66.5 Å². The number of amides is 1. The Labute approximate surface area is 154 Å². The lowest BCUT2D eigenvalue weighted by molar-refractivity contribution is 0.102. The van der Waals surface area contributed by atoms with Crippen molar-refractivity contribution in [3.05, 3.63) is 58.6 Å². The second-order valence-corrected chi connectivity index (χ2v) is 8.26. The lowest BCUT2D eigenvalue weighted by atomic mass is 10.1. The molecule has 0 spiro atoms. The number of rotatable bonds is 3. The van der Waals surface area contributed by atoms with Gasteiger partial charge in [0.05, 0.1) is 27.7 Å². The molecule has 1 fully saturated rings. The Balaban J connectivity index is 1.84. The van der Waals surface area contributed by atoms with Crippen LogP contribution in [-0.2, 0) is 10.0 Å². The molecule has 0 radical (unpaired) electrons. The maximum Gasteiger partial charge on any atom is 0.257 e. The fourth-order valence-corrected chi connectivity index (χ4v) is 4.59. The molecule has 1 N–H and O–H groups in total. The molecule has 1 aliphatic rings. The van der Waals surface area contributed by atoms with Gasteiger partial charge in [0.25, 0.3) is 5.91 Å². The molecule has 0 aliphatic carbocycles. The summed E-state index contributed by atoms with van der Waals surface area (Å²) in [6.45, 7) is 0.352. The second-order valence-electron chi connectivity index (χ2n) is 5.84. The first-order valence-corrected chi connectivity index (χ1v) is 9.83. The van der Waals surface area contributed by atoms with Crippen LogP contribution >= 0.6 is 11.6 Å². The van der Waals surface area contributed by atoms with Crippen LogP contribution in [-0.4, -0.2) is 26.6 Å². The summed E-state index contributed by atoms with van der Waals surface area (Å²) in [6, 6.07) is 7.01. The number of carbonyl (C=O) groups is 1. The van der Waals surface area contributed by atoms with Gasteiger partial charge in [-0.15, -0.1) is 0 Å². The average Bonchev–Trinajstić information content (AvgIpc) is 2.56. The van der Waals surface area contributed by atoms with Gasteiger partial charge in [-0.2, -0.15) is 0 Å². The third-order valence-corrected chi connectivity index (χ3v) is 6.20. The fraction of sp³-hybridized carbons (Fsp3) is 0.235. The zero-order chi connectivity index (χ0) is 18.9. The fourth-order valence-electron chi connectivity index (χ4n) is 2.70. The van der Waals surface area contributed by atoms with Crippen LogP contribution in [0.15, 0.2) is 36.4 Å². The number of hydrogen-bond donors (Lipinski definition) is 1. The Morgan fingerprint density at radius 2 is 1.88 bits per heavy atom. The standard InChI is InChI=1S/C17H15ClF2N2O3S/c18-14-10-12(22-7-1-2-8-26(22,24)25)4-5-13(14)17(23)21-16-6-3-11(19)9-15(16)20/h3-6,9-10H,1-2,7-8H2,(H,21,23). The van der Waals surface area contributed by atoms with Crippen molar-refractivity contribution in [2.24, 2.45) is 0 Å². The molecule has 0 aromatic heterocycles. The van der Waals surface area contributed by atoms with Crippen LogP contribution in [0.3, 0.4) is 0 Å². The van der Waals surface area contributed by atoms with Gasteiger partial charge in [-0.25, -0.2) is 17.2 Å². The van der Waals surface area contributed by atoms with E-state index in [2.05, 4.69) is 5.32 Å².